The Hall–Kier alpha value is -5.62. The van der Waals surface area contributed by atoms with E-state index in [1.807, 2.05) is 0 Å². The summed E-state index contributed by atoms with van der Waals surface area (Å²) < 4.78 is 44.5. The molecule has 3 amide bonds. The van der Waals surface area contributed by atoms with E-state index >= 15 is 0 Å². The van der Waals surface area contributed by atoms with Crippen molar-refractivity contribution in [2.24, 2.45) is 0 Å². The zero-order valence-electron chi connectivity index (χ0n) is 24.8. The predicted octanol–water partition coefficient (Wildman–Crippen LogP) is 5.90. The van der Waals surface area contributed by atoms with Crippen molar-refractivity contribution in [2.45, 2.75) is 12.2 Å². The molecule has 0 aliphatic carbocycles. The van der Waals surface area contributed by atoms with Gasteiger partial charge in [0.25, 0.3) is 17.7 Å². The van der Waals surface area contributed by atoms with E-state index in [1.54, 1.807) is 83.9 Å². The Balaban J connectivity index is 1.19. The minimum Gasteiger partial charge on any atom is -0.378 e. The molecule has 3 aromatic carbocycles. The quantitative estimate of drug-likeness (QED) is 0.229. The molecular formula is C35H28F3N5O4. The molecule has 1 fully saturated rings. The van der Waals surface area contributed by atoms with E-state index in [1.165, 1.54) is 12.1 Å². The molecule has 1 saturated heterocycles. The SMILES string of the molecule is O=C(N[C@H](C(=O)N1CCOCC1)c1ccccn1)c1ccc2nc(NC(=O)c3ccccc3-c3ccc(C(F)(F)F)cc3)ccc2c1. The van der Waals surface area contributed by atoms with Crippen molar-refractivity contribution < 1.29 is 32.3 Å². The fourth-order valence-electron chi connectivity index (χ4n) is 5.28. The topological polar surface area (TPSA) is 114 Å². The molecule has 0 saturated carbocycles. The van der Waals surface area contributed by atoms with Gasteiger partial charge in [0.05, 0.1) is 30.0 Å². The summed E-state index contributed by atoms with van der Waals surface area (Å²) in [5.74, 6) is -0.994. The summed E-state index contributed by atoms with van der Waals surface area (Å²) in [6, 6.07) is 23.5. The molecule has 1 atom stereocenters. The van der Waals surface area contributed by atoms with Gasteiger partial charge < -0.3 is 20.3 Å². The molecule has 0 bridgehead atoms. The van der Waals surface area contributed by atoms with Gasteiger partial charge in [0.2, 0.25) is 0 Å². The third-order valence-corrected chi connectivity index (χ3v) is 7.72. The number of aromatic nitrogens is 2. The highest BCUT2D eigenvalue weighted by atomic mass is 19.4. The molecule has 47 heavy (non-hydrogen) atoms. The number of nitrogens with zero attached hydrogens (tertiary/aromatic N) is 3. The van der Waals surface area contributed by atoms with Crippen LogP contribution in [0.1, 0.15) is 38.0 Å². The second-order valence-corrected chi connectivity index (χ2v) is 10.8. The molecule has 12 heteroatoms. The van der Waals surface area contributed by atoms with Crippen LogP contribution >= 0.6 is 0 Å². The second kappa shape index (κ2) is 13.4. The Bertz CT molecular complexity index is 1930. The minimum absolute atomic E-state index is 0.244. The molecule has 2 N–H and O–H groups in total. The number of anilines is 1. The number of fused-ring (bicyclic) bond motifs is 1. The minimum atomic E-state index is -4.47. The Morgan fingerprint density at radius 3 is 2.30 bits per heavy atom. The summed E-state index contributed by atoms with van der Waals surface area (Å²) in [6.45, 7) is 1.67. The number of morpholine rings is 1. The first-order chi connectivity index (χ1) is 22.7. The molecule has 238 valence electrons. The van der Waals surface area contributed by atoms with Crippen LogP contribution in [0.2, 0.25) is 0 Å². The first-order valence-corrected chi connectivity index (χ1v) is 14.7. The lowest BCUT2D eigenvalue weighted by Crippen LogP contribution is -2.47. The number of halogens is 3. The fourth-order valence-corrected chi connectivity index (χ4v) is 5.28. The Morgan fingerprint density at radius 1 is 0.830 bits per heavy atom. The first kappa shape index (κ1) is 31.4. The van der Waals surface area contributed by atoms with E-state index < -0.39 is 29.6 Å². The third-order valence-electron chi connectivity index (χ3n) is 7.72. The smallest absolute Gasteiger partial charge is 0.378 e. The molecule has 1 aliphatic rings. The molecule has 0 spiro atoms. The molecule has 0 radical (unpaired) electrons. The average molecular weight is 640 g/mol. The highest BCUT2D eigenvalue weighted by Gasteiger charge is 2.31. The molecule has 0 unspecified atom stereocenters. The number of amides is 3. The number of rotatable bonds is 7. The maximum Gasteiger partial charge on any atom is 0.416 e. The third kappa shape index (κ3) is 7.12. The van der Waals surface area contributed by atoms with Gasteiger partial charge >= 0.3 is 6.18 Å². The van der Waals surface area contributed by atoms with Crippen molar-refractivity contribution >= 4 is 34.4 Å². The lowest BCUT2D eigenvalue weighted by Gasteiger charge is -2.30. The van der Waals surface area contributed by atoms with Crippen LogP contribution in [0.25, 0.3) is 22.0 Å². The number of nitrogens with one attached hydrogen (secondary N) is 2. The van der Waals surface area contributed by atoms with Crippen LogP contribution in [-0.4, -0.2) is 58.9 Å². The monoisotopic (exact) mass is 639 g/mol. The summed E-state index contributed by atoms with van der Waals surface area (Å²) in [7, 11) is 0. The van der Waals surface area contributed by atoms with E-state index in [0.717, 1.165) is 12.1 Å². The number of benzene rings is 3. The number of ether oxygens (including phenoxy) is 1. The fraction of sp³-hybridized carbons (Fsp3) is 0.171. The Labute approximate surface area is 267 Å². The highest BCUT2D eigenvalue weighted by molar-refractivity contribution is 6.09. The molecule has 5 aromatic rings. The molecule has 1 aliphatic heterocycles. The summed E-state index contributed by atoms with van der Waals surface area (Å²) in [5.41, 5.74) is 1.62. The maximum atomic E-state index is 13.4. The van der Waals surface area contributed by atoms with Gasteiger partial charge in [-0.3, -0.25) is 19.4 Å². The van der Waals surface area contributed by atoms with Gasteiger partial charge in [-0.05, 0) is 71.8 Å². The van der Waals surface area contributed by atoms with Crippen molar-refractivity contribution in [1.29, 1.82) is 0 Å². The normalized spacial score (nSPS) is 14.0. The molecule has 6 rings (SSSR count). The van der Waals surface area contributed by atoms with Crippen LogP contribution < -0.4 is 10.6 Å². The van der Waals surface area contributed by atoms with Gasteiger partial charge in [-0.2, -0.15) is 13.2 Å². The molecule has 9 nitrogen and oxygen atoms in total. The van der Waals surface area contributed by atoms with Gasteiger partial charge in [-0.1, -0.05) is 36.4 Å². The average Bonchev–Trinajstić information content (AvgIpc) is 3.10. The van der Waals surface area contributed by atoms with Crippen molar-refractivity contribution in [3.63, 3.8) is 0 Å². The first-order valence-electron chi connectivity index (χ1n) is 14.7. The van der Waals surface area contributed by atoms with Crippen LogP contribution in [0.4, 0.5) is 19.0 Å². The number of alkyl halides is 3. The van der Waals surface area contributed by atoms with E-state index in [-0.39, 0.29) is 17.3 Å². The largest absolute Gasteiger partial charge is 0.416 e. The van der Waals surface area contributed by atoms with Gasteiger partial charge in [-0.15, -0.1) is 0 Å². The second-order valence-electron chi connectivity index (χ2n) is 10.8. The molecule has 3 heterocycles. The lowest BCUT2D eigenvalue weighted by molar-refractivity contribution is -0.138. The van der Waals surface area contributed by atoms with Crippen molar-refractivity contribution in [2.75, 3.05) is 31.6 Å². The van der Waals surface area contributed by atoms with Crippen LogP contribution in [-0.2, 0) is 15.7 Å². The predicted molar refractivity (Wildman–Crippen MR) is 168 cm³/mol. The molecular weight excluding hydrogens is 611 g/mol. The summed E-state index contributed by atoms with van der Waals surface area (Å²) in [5, 5.41) is 6.20. The van der Waals surface area contributed by atoms with E-state index in [2.05, 4.69) is 20.6 Å². The zero-order chi connectivity index (χ0) is 33.0. The number of carbonyl (C=O) groups is 3. The maximum absolute atomic E-state index is 13.4. The van der Waals surface area contributed by atoms with Gasteiger partial charge in [0.1, 0.15) is 5.82 Å². The van der Waals surface area contributed by atoms with Crippen molar-refractivity contribution in [1.82, 2.24) is 20.2 Å². The summed E-state index contributed by atoms with van der Waals surface area (Å²) in [4.78, 5) is 50.5. The van der Waals surface area contributed by atoms with Gasteiger partial charge in [-0.25, -0.2) is 4.98 Å². The number of pyridine rings is 2. The Morgan fingerprint density at radius 2 is 1.57 bits per heavy atom. The zero-order valence-corrected chi connectivity index (χ0v) is 24.8. The number of hydrogen-bond acceptors (Lipinski definition) is 6. The van der Waals surface area contributed by atoms with E-state index in [4.69, 9.17) is 4.74 Å². The number of hydrogen-bond donors (Lipinski definition) is 2. The highest BCUT2D eigenvalue weighted by Crippen LogP contribution is 2.32. The van der Waals surface area contributed by atoms with Crippen LogP contribution in [0.5, 0.6) is 0 Å². The van der Waals surface area contributed by atoms with E-state index in [9.17, 15) is 27.6 Å². The van der Waals surface area contributed by atoms with Gasteiger partial charge in [0.15, 0.2) is 6.04 Å². The van der Waals surface area contributed by atoms with Crippen molar-refractivity contribution in [3.8, 4) is 11.1 Å². The summed E-state index contributed by atoms with van der Waals surface area (Å²) in [6.07, 6.45) is -2.90. The Kier molecular flexibility index (Phi) is 8.94. The number of carbonyl (C=O) groups excluding carboxylic acids is 3. The van der Waals surface area contributed by atoms with Crippen LogP contribution in [0, 0.1) is 0 Å². The molecule has 2 aromatic heterocycles. The van der Waals surface area contributed by atoms with Gasteiger partial charge in [0, 0.05) is 35.8 Å². The lowest BCUT2D eigenvalue weighted by atomic mass is 9.98. The van der Waals surface area contributed by atoms with Crippen LogP contribution in [0.3, 0.4) is 0 Å². The van der Waals surface area contributed by atoms with Crippen LogP contribution in [0.15, 0.2) is 103 Å². The standard InChI is InChI=1S/C35H28F3N5O4/c36-35(37,38)25-12-8-22(9-13-25)26-5-1-2-6-27(26)33(45)41-30-15-11-23-21-24(10-14-28(23)40-30)32(44)42-31(29-7-3-4-16-39-29)34(46)43-17-19-47-20-18-43/h1-16,21,31H,17-20H2,(H,42,44)(H,40,41,45)/t31-/m0/s1. The van der Waals surface area contributed by atoms with E-state index in [0.29, 0.717) is 59.6 Å². The summed E-state index contributed by atoms with van der Waals surface area (Å²) >= 11 is 0. The van der Waals surface area contributed by atoms with Crippen molar-refractivity contribution in [3.05, 3.63) is 126 Å².